The molecule has 0 bridgehead atoms. The molecule has 1 fully saturated rings. The Balaban J connectivity index is 1.87. The van der Waals surface area contributed by atoms with Gasteiger partial charge in [0.05, 0.1) is 14.8 Å². The van der Waals surface area contributed by atoms with E-state index in [1.807, 2.05) is 0 Å². The zero-order chi connectivity index (χ0) is 27.1. The second-order valence-corrected chi connectivity index (χ2v) is 4.92. The summed E-state index contributed by atoms with van der Waals surface area (Å²) in [5.74, 6) is -8.06. The monoisotopic (exact) mass is 341 g/mol. The van der Waals surface area contributed by atoms with Gasteiger partial charge in [-0.1, -0.05) is 12.1 Å². The zero-order valence-corrected chi connectivity index (χ0v) is 12.2. The van der Waals surface area contributed by atoms with Crippen molar-refractivity contribution < 1.29 is 35.1 Å². The molecule has 4 rings (SSSR count). The third-order valence-electron chi connectivity index (χ3n) is 3.35. The fourth-order valence-corrected chi connectivity index (χ4v) is 2.23. The van der Waals surface area contributed by atoms with E-state index in [1.54, 1.807) is 0 Å². The summed E-state index contributed by atoms with van der Waals surface area (Å²) in [7, 11) is 0. The molecule has 2 atom stereocenters. The van der Waals surface area contributed by atoms with Gasteiger partial charge in [-0.2, -0.15) is 0 Å². The minimum Gasteiger partial charge on any atom is -0.493 e. The molecule has 0 saturated carbocycles. The molecular formula is C19H20FNO3. The Morgan fingerprint density at radius 2 is 2.17 bits per heavy atom. The van der Waals surface area contributed by atoms with Crippen molar-refractivity contribution in [1.29, 1.82) is 0 Å². The van der Waals surface area contributed by atoms with E-state index in [0.717, 1.165) is 6.07 Å². The average Bonchev–Trinajstić information content (AvgIpc) is 3.07. The van der Waals surface area contributed by atoms with Crippen LogP contribution in [0.5, 0.6) is 17.2 Å². The maximum absolute atomic E-state index is 14.2. The van der Waals surface area contributed by atoms with Crippen LogP contribution in [-0.4, -0.2) is 26.4 Å². The summed E-state index contributed by atoms with van der Waals surface area (Å²) in [6.45, 7) is -7.04. The molecular weight excluding hydrogens is 309 g/mol. The highest BCUT2D eigenvalue weighted by Gasteiger charge is 2.27. The lowest BCUT2D eigenvalue weighted by Crippen LogP contribution is -2.38. The quantitative estimate of drug-likeness (QED) is 0.926. The second-order valence-electron chi connectivity index (χ2n) is 4.92. The van der Waals surface area contributed by atoms with E-state index in [0.29, 0.717) is 0 Å². The van der Waals surface area contributed by atoms with Gasteiger partial charge >= 0.3 is 0 Å². The van der Waals surface area contributed by atoms with Crippen LogP contribution < -0.4 is 19.5 Å². The molecule has 1 saturated heterocycles. The molecule has 2 aliphatic heterocycles. The summed E-state index contributed by atoms with van der Waals surface area (Å²) in [5.41, 5.74) is -0.980. The zero-order valence-electron chi connectivity index (χ0n) is 24.2. The summed E-state index contributed by atoms with van der Waals surface area (Å²) < 4.78 is 129. The molecule has 2 aromatic carbocycles. The highest BCUT2D eigenvalue weighted by Crippen LogP contribution is 2.36. The van der Waals surface area contributed by atoms with Crippen molar-refractivity contribution in [2.24, 2.45) is 5.89 Å². The van der Waals surface area contributed by atoms with E-state index >= 15 is 0 Å². The van der Waals surface area contributed by atoms with Crippen molar-refractivity contribution in [3.05, 3.63) is 53.7 Å². The average molecular weight is 341 g/mol. The van der Waals surface area contributed by atoms with Crippen LogP contribution in [0.2, 0.25) is 0 Å². The number of hydrogen-bond acceptors (Lipinski definition) is 4. The lowest BCUT2D eigenvalue weighted by atomic mass is 9.81. The third kappa shape index (κ3) is 3.17. The van der Waals surface area contributed by atoms with Crippen molar-refractivity contribution >= 4 is 0 Å². The first-order valence-electron chi connectivity index (χ1n) is 13.1. The summed E-state index contributed by atoms with van der Waals surface area (Å²) in [6, 6.07) is -1.10. The highest BCUT2D eigenvalue weighted by molar-refractivity contribution is 5.46. The summed E-state index contributed by atoms with van der Waals surface area (Å²) in [5, 5.41) is 2.53. The molecule has 0 amide bonds. The third-order valence-corrected chi connectivity index (χ3v) is 3.35. The van der Waals surface area contributed by atoms with E-state index in [1.165, 1.54) is 12.1 Å². The van der Waals surface area contributed by atoms with Crippen LogP contribution in [0.4, 0.5) is 4.39 Å². The van der Waals surface area contributed by atoms with E-state index < -0.39 is 80.1 Å². The van der Waals surface area contributed by atoms with Crippen molar-refractivity contribution in [3.63, 3.8) is 0 Å². The molecule has 24 heavy (non-hydrogen) atoms. The smallest absolute Gasteiger partial charge is 0.231 e. The predicted octanol–water partition coefficient (Wildman–Crippen LogP) is 3.33. The molecule has 2 aliphatic rings. The van der Waals surface area contributed by atoms with Crippen molar-refractivity contribution in [2.45, 2.75) is 12.3 Å². The SMILES string of the molecule is [2H]c1c([2H])c(C2([2H])C([2H])([2H])CNC[C@]2([2H])C([2H])([2H])Oc2ccc3c(c2)OC([2H])([2H])O3)c([2H])c([2H])c1F. The molecule has 1 unspecified atom stereocenters. The fourth-order valence-electron chi connectivity index (χ4n) is 2.23. The first-order valence-corrected chi connectivity index (χ1v) is 7.07. The van der Waals surface area contributed by atoms with Crippen LogP contribution >= 0.6 is 0 Å². The topological polar surface area (TPSA) is 39.7 Å². The molecule has 0 aromatic heterocycles. The van der Waals surface area contributed by atoms with Crippen LogP contribution in [0.25, 0.3) is 0 Å². The first kappa shape index (κ1) is 6.92. The maximum Gasteiger partial charge on any atom is 0.231 e. The van der Waals surface area contributed by atoms with Gasteiger partial charge in [0.25, 0.3) is 0 Å². The second kappa shape index (κ2) is 6.69. The van der Waals surface area contributed by atoms with Crippen molar-refractivity contribution in [2.75, 3.05) is 26.4 Å². The number of rotatable bonds is 4. The summed E-state index contributed by atoms with van der Waals surface area (Å²) >= 11 is 0. The lowest BCUT2D eigenvalue weighted by molar-refractivity contribution is 0.173. The highest BCUT2D eigenvalue weighted by atomic mass is 19.1. The normalized spacial score (nSPS) is 40.5. The summed E-state index contributed by atoms with van der Waals surface area (Å²) in [6.07, 6.45) is -2.85. The number of benzene rings is 2. The molecule has 2 aromatic rings. The van der Waals surface area contributed by atoms with Gasteiger partial charge in [0.1, 0.15) is 14.3 Å². The molecule has 1 N–H and O–H groups in total. The van der Waals surface area contributed by atoms with Crippen LogP contribution in [-0.2, 0) is 0 Å². The lowest BCUT2D eigenvalue weighted by Gasteiger charge is -2.32. The summed E-state index contributed by atoms with van der Waals surface area (Å²) in [4.78, 5) is 0. The molecule has 0 radical (unpaired) electrons. The number of piperidine rings is 1. The standard InChI is InChI=1S/C19H20FNO3/c20-15-3-1-13(2-4-15)17-7-8-21-10-14(17)11-22-16-5-6-18-19(9-16)24-12-23-18/h1-6,9,14,17,21H,7-8,10-12H2/t14-,17?/m1/s1/i1D,2D,3D,4D,7D2,11D2,12D2,14D,17D. The molecule has 4 nitrogen and oxygen atoms in total. The Morgan fingerprint density at radius 1 is 1.33 bits per heavy atom. The Hall–Kier alpha value is -2.27. The van der Waals surface area contributed by atoms with Crippen LogP contribution in [0.15, 0.2) is 42.4 Å². The number of hydrogen-bond donors (Lipinski definition) is 1. The number of nitrogens with one attached hydrogen (secondary N) is 1. The van der Waals surface area contributed by atoms with Gasteiger partial charge < -0.3 is 19.5 Å². The number of halogens is 1. The van der Waals surface area contributed by atoms with Crippen LogP contribution in [0.1, 0.15) is 34.3 Å². The van der Waals surface area contributed by atoms with Gasteiger partial charge in [0.15, 0.2) is 11.5 Å². The Kier molecular flexibility index (Phi) is 1.93. The van der Waals surface area contributed by atoms with Gasteiger partial charge in [-0.05, 0) is 48.6 Å². The number of ether oxygens (including phenoxy) is 3. The minimum absolute atomic E-state index is 0.00559. The molecule has 0 spiro atoms. The largest absolute Gasteiger partial charge is 0.493 e. The Labute approximate surface area is 157 Å². The van der Waals surface area contributed by atoms with Gasteiger partial charge in [0, 0.05) is 24.0 Å². The van der Waals surface area contributed by atoms with Gasteiger partial charge in [0.2, 0.25) is 6.75 Å². The minimum atomic E-state index is -3.24. The van der Waals surface area contributed by atoms with Gasteiger partial charge in [-0.3, -0.25) is 0 Å². The Morgan fingerprint density at radius 3 is 3.04 bits per heavy atom. The van der Waals surface area contributed by atoms with Gasteiger partial charge in [-0.25, -0.2) is 4.39 Å². The molecule has 5 heteroatoms. The molecule has 0 aliphatic carbocycles. The fraction of sp³-hybridized carbons (Fsp3) is 0.368. The predicted molar refractivity (Wildman–Crippen MR) is 88.2 cm³/mol. The van der Waals surface area contributed by atoms with E-state index in [4.69, 9.17) is 30.7 Å². The first-order chi connectivity index (χ1) is 16.4. The molecule has 2 heterocycles. The maximum atomic E-state index is 14.2. The van der Waals surface area contributed by atoms with Crippen LogP contribution in [0, 0.1) is 11.7 Å². The van der Waals surface area contributed by atoms with E-state index in [2.05, 4.69) is 5.32 Å². The Bertz CT molecular complexity index is 1220. The number of fused-ring (bicyclic) bond motifs is 1. The van der Waals surface area contributed by atoms with E-state index in [-0.39, 0.29) is 17.2 Å². The van der Waals surface area contributed by atoms with E-state index in [9.17, 15) is 4.39 Å². The molecule has 126 valence electrons. The van der Waals surface area contributed by atoms with Crippen LogP contribution in [0.3, 0.4) is 0 Å². The van der Waals surface area contributed by atoms with Crippen molar-refractivity contribution in [1.82, 2.24) is 5.32 Å². The van der Waals surface area contributed by atoms with Gasteiger partial charge in [-0.15, -0.1) is 0 Å². The van der Waals surface area contributed by atoms with Crippen molar-refractivity contribution in [3.8, 4) is 17.2 Å².